The number of rotatable bonds is 5. The molecule has 0 bridgehead atoms. The van der Waals surface area contributed by atoms with Crippen molar-refractivity contribution in [3.8, 4) is 6.07 Å². The van der Waals surface area contributed by atoms with E-state index in [0.717, 1.165) is 11.3 Å². The molecule has 0 aliphatic heterocycles. The summed E-state index contributed by atoms with van der Waals surface area (Å²) in [6, 6.07) is 4.49. The van der Waals surface area contributed by atoms with Crippen LogP contribution in [0, 0.1) is 11.3 Å². The van der Waals surface area contributed by atoms with E-state index in [-0.39, 0.29) is 15.5 Å². The zero-order valence-corrected chi connectivity index (χ0v) is 11.4. The summed E-state index contributed by atoms with van der Waals surface area (Å²) in [6.07, 6.45) is 0.109. The molecule has 1 aromatic rings. The fraction of sp³-hybridized carbons (Fsp3) is 0.400. The van der Waals surface area contributed by atoms with Gasteiger partial charge < -0.3 is 5.11 Å². The highest BCUT2D eigenvalue weighted by Gasteiger charge is 2.36. The topological polar surface area (TPSA) is 107 Å². The number of thiophene rings is 1. The minimum absolute atomic E-state index is 0.0695. The third-order valence-corrected chi connectivity index (χ3v) is 5.57. The monoisotopic (exact) mass is 288 g/mol. The summed E-state index contributed by atoms with van der Waals surface area (Å²) in [7, 11) is -3.93. The van der Waals surface area contributed by atoms with Crippen LogP contribution in [0.25, 0.3) is 0 Å². The van der Waals surface area contributed by atoms with Crippen molar-refractivity contribution in [2.24, 2.45) is 0 Å². The van der Waals surface area contributed by atoms with Crippen LogP contribution in [0.3, 0.4) is 0 Å². The smallest absolute Gasteiger partial charge is 0.324 e. The third kappa shape index (κ3) is 2.87. The van der Waals surface area contributed by atoms with E-state index in [1.54, 1.807) is 6.92 Å². The lowest BCUT2D eigenvalue weighted by Gasteiger charge is -2.23. The van der Waals surface area contributed by atoms with E-state index in [1.165, 1.54) is 19.1 Å². The highest BCUT2D eigenvalue weighted by molar-refractivity contribution is 7.91. The first kappa shape index (κ1) is 14.6. The third-order valence-electron chi connectivity index (χ3n) is 2.50. The van der Waals surface area contributed by atoms with E-state index in [2.05, 4.69) is 4.72 Å². The molecule has 0 saturated heterocycles. The van der Waals surface area contributed by atoms with Crippen molar-refractivity contribution >= 4 is 27.3 Å². The Kier molecular flexibility index (Phi) is 4.11. The average molecular weight is 288 g/mol. The van der Waals surface area contributed by atoms with Crippen molar-refractivity contribution in [2.75, 3.05) is 0 Å². The van der Waals surface area contributed by atoms with Gasteiger partial charge >= 0.3 is 5.97 Å². The number of carboxylic acids is 1. The lowest BCUT2D eigenvalue weighted by molar-refractivity contribution is -0.143. The molecule has 0 aromatic carbocycles. The Hall–Kier alpha value is -1.43. The number of hydrogen-bond donors (Lipinski definition) is 2. The molecule has 1 atom stereocenters. The Morgan fingerprint density at radius 1 is 1.61 bits per heavy atom. The molecule has 2 N–H and O–H groups in total. The number of carboxylic acid groups (broad SMARTS) is 1. The Morgan fingerprint density at radius 3 is 2.61 bits per heavy atom. The van der Waals surface area contributed by atoms with Crippen LogP contribution < -0.4 is 4.72 Å². The second kappa shape index (κ2) is 5.06. The van der Waals surface area contributed by atoms with E-state index in [9.17, 15) is 13.2 Å². The molecule has 18 heavy (non-hydrogen) atoms. The predicted octanol–water partition coefficient (Wildman–Crippen LogP) is 1.15. The van der Waals surface area contributed by atoms with Crippen molar-refractivity contribution < 1.29 is 18.3 Å². The van der Waals surface area contributed by atoms with Gasteiger partial charge in [-0.3, -0.25) is 4.79 Å². The maximum Gasteiger partial charge on any atom is 0.324 e. The van der Waals surface area contributed by atoms with Gasteiger partial charge in [0, 0.05) is 0 Å². The van der Waals surface area contributed by atoms with Crippen molar-refractivity contribution in [1.82, 2.24) is 4.72 Å². The van der Waals surface area contributed by atoms with Gasteiger partial charge in [-0.1, -0.05) is 6.92 Å². The van der Waals surface area contributed by atoms with Gasteiger partial charge in [0.15, 0.2) is 0 Å². The summed E-state index contributed by atoms with van der Waals surface area (Å²) >= 11 is 0.798. The summed E-state index contributed by atoms with van der Waals surface area (Å²) in [5, 5.41) is 17.7. The van der Waals surface area contributed by atoms with Crippen molar-refractivity contribution in [2.45, 2.75) is 30.0 Å². The average Bonchev–Trinajstić information content (AvgIpc) is 2.77. The minimum Gasteiger partial charge on any atom is -0.480 e. The van der Waals surface area contributed by atoms with Crippen LogP contribution in [-0.2, 0) is 14.8 Å². The van der Waals surface area contributed by atoms with Crippen molar-refractivity contribution in [1.29, 1.82) is 5.26 Å². The fourth-order valence-corrected chi connectivity index (χ4v) is 3.68. The number of nitrogens with zero attached hydrogens (tertiary/aromatic N) is 1. The Bertz CT molecular complexity index is 600. The second-order valence-corrected chi connectivity index (χ2v) is 6.82. The molecule has 6 nitrogen and oxygen atoms in total. The Balaban J connectivity index is 3.09. The van der Waals surface area contributed by atoms with Gasteiger partial charge in [-0.15, -0.1) is 11.3 Å². The van der Waals surface area contributed by atoms with Crippen LogP contribution >= 0.6 is 11.3 Å². The first-order valence-corrected chi connectivity index (χ1v) is 7.32. The zero-order valence-electron chi connectivity index (χ0n) is 9.80. The van der Waals surface area contributed by atoms with Crippen LogP contribution in [0.2, 0.25) is 0 Å². The molecule has 1 heterocycles. The quantitative estimate of drug-likeness (QED) is 0.845. The number of sulfonamides is 1. The maximum atomic E-state index is 12.0. The second-order valence-electron chi connectivity index (χ2n) is 3.83. The molecule has 0 spiro atoms. The molecular weight excluding hydrogens is 276 g/mol. The number of nitrogens with one attached hydrogen (secondary N) is 1. The SMILES string of the molecule is CCC(C)(NS(=O)(=O)c1ccc(C#N)s1)C(=O)O. The normalized spacial score (nSPS) is 14.7. The van der Waals surface area contributed by atoms with E-state index in [1.807, 2.05) is 6.07 Å². The number of nitriles is 1. The standard InChI is InChI=1S/C10H12N2O4S2/c1-3-10(2,9(13)14)12-18(15,16)8-5-4-7(6-11)17-8/h4-5,12H,3H2,1-2H3,(H,13,14). The maximum absolute atomic E-state index is 12.0. The summed E-state index contributed by atoms with van der Waals surface area (Å²) in [4.78, 5) is 11.3. The summed E-state index contributed by atoms with van der Waals surface area (Å²) in [5.41, 5.74) is -1.56. The van der Waals surface area contributed by atoms with Crippen LogP contribution in [0.4, 0.5) is 0 Å². The van der Waals surface area contributed by atoms with Crippen LogP contribution in [0.1, 0.15) is 25.1 Å². The molecule has 0 fully saturated rings. The molecular formula is C10H12N2O4S2. The molecule has 8 heteroatoms. The number of aliphatic carboxylic acids is 1. The predicted molar refractivity (Wildman–Crippen MR) is 65.7 cm³/mol. The molecule has 0 radical (unpaired) electrons. The first-order chi connectivity index (χ1) is 8.25. The molecule has 0 aliphatic rings. The molecule has 0 saturated carbocycles. The molecule has 1 aromatic heterocycles. The molecule has 1 rings (SSSR count). The Morgan fingerprint density at radius 2 is 2.22 bits per heavy atom. The zero-order chi connectivity index (χ0) is 14.0. The van der Waals surface area contributed by atoms with Gasteiger partial charge in [-0.05, 0) is 25.5 Å². The molecule has 0 aliphatic carbocycles. The molecule has 0 amide bonds. The van der Waals surface area contributed by atoms with Crippen molar-refractivity contribution in [3.63, 3.8) is 0 Å². The largest absolute Gasteiger partial charge is 0.480 e. The summed E-state index contributed by atoms with van der Waals surface area (Å²) in [5.74, 6) is -1.24. The highest BCUT2D eigenvalue weighted by Crippen LogP contribution is 2.23. The first-order valence-electron chi connectivity index (χ1n) is 5.02. The van der Waals surface area contributed by atoms with Crippen LogP contribution in [-0.4, -0.2) is 25.0 Å². The summed E-state index contributed by atoms with van der Waals surface area (Å²) in [6.45, 7) is 2.87. The van der Waals surface area contributed by atoms with Gasteiger partial charge in [0.25, 0.3) is 10.0 Å². The van der Waals surface area contributed by atoms with Crippen LogP contribution in [0.5, 0.6) is 0 Å². The van der Waals surface area contributed by atoms with E-state index < -0.39 is 21.5 Å². The summed E-state index contributed by atoms with van der Waals surface area (Å²) < 4.78 is 26.0. The highest BCUT2D eigenvalue weighted by atomic mass is 32.2. The molecule has 1 unspecified atom stereocenters. The van der Waals surface area contributed by atoms with Gasteiger partial charge in [-0.2, -0.15) is 9.98 Å². The number of hydrogen-bond acceptors (Lipinski definition) is 5. The fourth-order valence-electron chi connectivity index (χ4n) is 1.14. The van der Waals surface area contributed by atoms with Crippen molar-refractivity contribution in [3.05, 3.63) is 17.0 Å². The molecule has 98 valence electrons. The lowest BCUT2D eigenvalue weighted by Crippen LogP contribution is -2.51. The minimum atomic E-state index is -3.93. The van der Waals surface area contributed by atoms with E-state index >= 15 is 0 Å². The van der Waals surface area contributed by atoms with Gasteiger partial charge in [-0.25, -0.2) is 8.42 Å². The Labute approximate surface area is 109 Å². The lowest BCUT2D eigenvalue weighted by atomic mass is 10.0. The van der Waals surface area contributed by atoms with E-state index in [0.29, 0.717) is 0 Å². The van der Waals surface area contributed by atoms with Gasteiger partial charge in [0.2, 0.25) is 0 Å². The van der Waals surface area contributed by atoms with Gasteiger partial charge in [0.05, 0.1) is 0 Å². The number of carbonyl (C=O) groups is 1. The van der Waals surface area contributed by atoms with Gasteiger partial charge in [0.1, 0.15) is 20.7 Å². The van der Waals surface area contributed by atoms with E-state index in [4.69, 9.17) is 10.4 Å². The van der Waals surface area contributed by atoms with Crippen LogP contribution in [0.15, 0.2) is 16.3 Å².